The van der Waals surface area contributed by atoms with E-state index in [1.165, 1.54) is 18.4 Å². The van der Waals surface area contributed by atoms with Crippen molar-refractivity contribution < 1.29 is 0 Å². The summed E-state index contributed by atoms with van der Waals surface area (Å²) in [6, 6.07) is 0. The van der Waals surface area contributed by atoms with Crippen LogP contribution >= 0.6 is 0 Å². The van der Waals surface area contributed by atoms with Crippen LogP contribution in [0.25, 0.3) is 0 Å². The molecule has 42 valence electrons. The second-order valence-electron chi connectivity index (χ2n) is 2.71. The van der Waals surface area contributed by atoms with Gasteiger partial charge in [-0.2, -0.15) is 0 Å². The van der Waals surface area contributed by atoms with Crippen molar-refractivity contribution in [3.63, 3.8) is 0 Å². The summed E-state index contributed by atoms with van der Waals surface area (Å²) in [5, 5.41) is 0. The van der Waals surface area contributed by atoms with Gasteiger partial charge in [0.05, 0.1) is 0 Å². The summed E-state index contributed by atoms with van der Waals surface area (Å²) >= 11 is 0. The summed E-state index contributed by atoms with van der Waals surface area (Å²) < 4.78 is 0. The topological polar surface area (TPSA) is 0 Å². The zero-order chi connectivity index (χ0) is 5.56. The molecule has 0 N–H and O–H groups in total. The van der Waals surface area contributed by atoms with E-state index < -0.39 is 0 Å². The van der Waals surface area contributed by atoms with Crippen LogP contribution in [0.3, 0.4) is 0 Å². The highest BCUT2D eigenvalue weighted by atomic mass is 14.4. The third-order valence-electron chi connectivity index (χ3n) is 2.22. The Morgan fingerprint density at radius 2 is 2.50 bits per heavy atom. The van der Waals surface area contributed by atoms with Crippen molar-refractivity contribution in [2.75, 3.05) is 0 Å². The molecule has 2 rings (SSSR count). The van der Waals surface area contributed by atoms with Crippen LogP contribution in [-0.4, -0.2) is 0 Å². The van der Waals surface area contributed by atoms with Crippen LogP contribution < -0.4 is 0 Å². The summed E-state index contributed by atoms with van der Waals surface area (Å²) in [6.45, 7) is 3.96. The third kappa shape index (κ3) is 0.405. The smallest absolute Gasteiger partial charge is 0.00429 e. The molecule has 2 atom stereocenters. The van der Waals surface area contributed by atoms with Crippen LogP contribution in [-0.2, 0) is 0 Å². The summed E-state index contributed by atoms with van der Waals surface area (Å²) in [7, 11) is 0. The molecule has 0 heteroatoms. The average Bonchev–Trinajstić information content (AvgIpc) is 2.46. The summed E-state index contributed by atoms with van der Waals surface area (Å²) in [5.41, 5.74) is 1.47. The predicted octanol–water partition coefficient (Wildman–Crippen LogP) is 2.14. The molecule has 0 radical (unpaired) electrons. The fourth-order valence-electron chi connectivity index (χ4n) is 1.54. The van der Waals surface area contributed by atoms with E-state index in [1.807, 2.05) is 0 Å². The minimum atomic E-state index is 0.795. The average molecular weight is 106 g/mol. The van der Waals surface area contributed by atoms with Gasteiger partial charge in [0.25, 0.3) is 0 Å². The van der Waals surface area contributed by atoms with Gasteiger partial charge in [0.2, 0.25) is 0 Å². The lowest BCUT2D eigenvalue weighted by atomic mass is 10.1. The molecular weight excluding hydrogens is 96.1 g/mol. The van der Waals surface area contributed by atoms with Crippen LogP contribution in [0.4, 0.5) is 0 Å². The Labute approximate surface area is 49.9 Å². The first-order valence-electron chi connectivity index (χ1n) is 3.25. The lowest BCUT2D eigenvalue weighted by Gasteiger charge is -1.95. The van der Waals surface area contributed by atoms with Crippen LogP contribution in [0.1, 0.15) is 12.8 Å². The SMILES string of the molecule is C=C1[C@H]2C=CCC[C@@H]12. The number of allylic oxidation sites excluding steroid dienone is 3. The van der Waals surface area contributed by atoms with Crippen LogP contribution in [0.5, 0.6) is 0 Å². The molecule has 0 heterocycles. The molecule has 0 aromatic heterocycles. The molecule has 0 aliphatic heterocycles. The van der Waals surface area contributed by atoms with Gasteiger partial charge < -0.3 is 0 Å². The van der Waals surface area contributed by atoms with E-state index in [1.54, 1.807) is 0 Å². The second-order valence-corrected chi connectivity index (χ2v) is 2.71. The van der Waals surface area contributed by atoms with Gasteiger partial charge in [0, 0.05) is 5.92 Å². The van der Waals surface area contributed by atoms with Crippen molar-refractivity contribution in [2.45, 2.75) is 12.8 Å². The van der Waals surface area contributed by atoms with E-state index >= 15 is 0 Å². The molecule has 1 fully saturated rings. The molecule has 0 aromatic rings. The quantitative estimate of drug-likeness (QED) is 0.415. The van der Waals surface area contributed by atoms with Gasteiger partial charge in [-0.25, -0.2) is 0 Å². The van der Waals surface area contributed by atoms with Crippen molar-refractivity contribution in [1.82, 2.24) is 0 Å². The fraction of sp³-hybridized carbons (Fsp3) is 0.500. The van der Waals surface area contributed by atoms with Gasteiger partial charge in [-0.05, 0) is 18.8 Å². The highest BCUT2D eigenvalue weighted by molar-refractivity contribution is 5.34. The molecule has 0 aromatic carbocycles. The minimum absolute atomic E-state index is 0.795. The first kappa shape index (κ1) is 4.37. The Hall–Kier alpha value is -0.520. The molecule has 0 saturated heterocycles. The largest absolute Gasteiger partial charge is 0.0989 e. The molecule has 1 saturated carbocycles. The number of rotatable bonds is 0. The first-order valence-corrected chi connectivity index (χ1v) is 3.25. The Balaban J connectivity index is 2.23. The Morgan fingerprint density at radius 3 is 3.00 bits per heavy atom. The van der Waals surface area contributed by atoms with E-state index in [0.29, 0.717) is 0 Å². The standard InChI is InChI=1S/C8H10/c1-6-7-4-2-3-5-8(6)7/h2,4,7-8H,1,3,5H2/t7-,8+/m1/s1. The van der Waals surface area contributed by atoms with Crippen molar-refractivity contribution in [3.05, 3.63) is 24.3 Å². The van der Waals surface area contributed by atoms with Gasteiger partial charge in [0.15, 0.2) is 0 Å². The first-order chi connectivity index (χ1) is 3.89. The summed E-state index contributed by atoms with van der Waals surface area (Å²) in [6.07, 6.45) is 7.22. The molecule has 0 spiro atoms. The molecule has 8 heavy (non-hydrogen) atoms. The molecule has 0 bridgehead atoms. The molecule has 0 unspecified atom stereocenters. The van der Waals surface area contributed by atoms with Crippen molar-refractivity contribution in [2.24, 2.45) is 11.8 Å². The van der Waals surface area contributed by atoms with Gasteiger partial charge in [-0.3, -0.25) is 0 Å². The van der Waals surface area contributed by atoms with Crippen molar-refractivity contribution >= 4 is 0 Å². The molecule has 2 aliphatic rings. The highest BCUT2D eigenvalue weighted by Gasteiger charge is 2.40. The number of fused-ring (bicyclic) bond motifs is 1. The van der Waals surface area contributed by atoms with Crippen molar-refractivity contribution in [3.8, 4) is 0 Å². The monoisotopic (exact) mass is 106 g/mol. The van der Waals surface area contributed by atoms with Crippen LogP contribution in [0.15, 0.2) is 24.3 Å². The summed E-state index contributed by atoms with van der Waals surface area (Å²) in [5.74, 6) is 1.68. The van der Waals surface area contributed by atoms with E-state index in [-0.39, 0.29) is 0 Å². The van der Waals surface area contributed by atoms with Gasteiger partial charge in [-0.15, -0.1) is 0 Å². The van der Waals surface area contributed by atoms with Gasteiger partial charge in [-0.1, -0.05) is 24.3 Å². The second kappa shape index (κ2) is 1.25. The van der Waals surface area contributed by atoms with Crippen LogP contribution in [0.2, 0.25) is 0 Å². The molecule has 2 aliphatic carbocycles. The molecule has 0 nitrogen and oxygen atoms in total. The maximum Gasteiger partial charge on any atom is 0.00429 e. The van der Waals surface area contributed by atoms with E-state index in [0.717, 1.165) is 11.8 Å². The van der Waals surface area contributed by atoms with Gasteiger partial charge >= 0.3 is 0 Å². The predicted molar refractivity (Wildman–Crippen MR) is 34.5 cm³/mol. The minimum Gasteiger partial charge on any atom is -0.0989 e. The highest BCUT2D eigenvalue weighted by Crippen LogP contribution is 2.50. The number of hydrogen-bond acceptors (Lipinski definition) is 0. The molecular formula is C8H10. The maximum absolute atomic E-state index is 3.96. The zero-order valence-corrected chi connectivity index (χ0v) is 4.93. The Morgan fingerprint density at radius 1 is 1.62 bits per heavy atom. The Bertz CT molecular complexity index is 153. The zero-order valence-electron chi connectivity index (χ0n) is 4.93. The fourth-order valence-corrected chi connectivity index (χ4v) is 1.54. The lowest BCUT2D eigenvalue weighted by Crippen LogP contribution is -1.83. The molecule has 0 amide bonds. The van der Waals surface area contributed by atoms with Gasteiger partial charge in [0.1, 0.15) is 0 Å². The summed E-state index contributed by atoms with van der Waals surface area (Å²) in [4.78, 5) is 0. The Kier molecular flexibility index (Phi) is 0.682. The lowest BCUT2D eigenvalue weighted by molar-refractivity contribution is 0.689. The van der Waals surface area contributed by atoms with E-state index in [9.17, 15) is 0 Å². The number of hydrogen-bond donors (Lipinski definition) is 0. The third-order valence-corrected chi connectivity index (χ3v) is 2.22. The van der Waals surface area contributed by atoms with E-state index in [2.05, 4.69) is 18.7 Å². The maximum atomic E-state index is 3.96. The van der Waals surface area contributed by atoms with E-state index in [4.69, 9.17) is 0 Å². The van der Waals surface area contributed by atoms with Crippen molar-refractivity contribution in [1.29, 1.82) is 0 Å². The normalized spacial score (nSPS) is 41.8. The van der Waals surface area contributed by atoms with Crippen LogP contribution in [0, 0.1) is 11.8 Å².